The van der Waals surface area contributed by atoms with E-state index >= 15 is 0 Å². The number of hydrogen-bond acceptors (Lipinski definition) is 7. The Morgan fingerprint density at radius 1 is 1.06 bits per heavy atom. The average Bonchev–Trinajstić information content (AvgIpc) is 3.49. The molecule has 2 N–H and O–H groups in total. The van der Waals surface area contributed by atoms with Crippen molar-refractivity contribution >= 4 is 16.9 Å². The van der Waals surface area contributed by atoms with Crippen molar-refractivity contribution in [2.24, 2.45) is 0 Å². The van der Waals surface area contributed by atoms with Gasteiger partial charge in [-0.05, 0) is 36.4 Å². The molecule has 0 saturated heterocycles. The van der Waals surface area contributed by atoms with E-state index in [1.807, 2.05) is 0 Å². The fraction of sp³-hybridized carbons (Fsp3) is 0.0909. The summed E-state index contributed by atoms with van der Waals surface area (Å²) in [4.78, 5) is 30.9. The van der Waals surface area contributed by atoms with Gasteiger partial charge < -0.3 is 14.8 Å². The number of aromatic nitrogens is 6. The number of alkyl halides is 3. The molecular formula is C22H13F4N7O2. The highest BCUT2D eigenvalue weighted by Gasteiger charge is 2.30. The maximum Gasteiger partial charge on any atom is 0.416 e. The van der Waals surface area contributed by atoms with Gasteiger partial charge >= 0.3 is 6.18 Å². The van der Waals surface area contributed by atoms with Crippen molar-refractivity contribution in [2.45, 2.75) is 12.7 Å². The summed E-state index contributed by atoms with van der Waals surface area (Å²) in [7, 11) is 0. The minimum atomic E-state index is -4.48. The van der Waals surface area contributed by atoms with Gasteiger partial charge in [0.15, 0.2) is 11.6 Å². The molecule has 13 heteroatoms. The van der Waals surface area contributed by atoms with E-state index in [1.54, 1.807) is 6.07 Å². The first-order chi connectivity index (χ1) is 16.8. The molecule has 0 unspecified atom stereocenters. The van der Waals surface area contributed by atoms with Crippen LogP contribution in [0.5, 0.6) is 0 Å². The first-order valence-electron chi connectivity index (χ1n) is 10.0. The van der Waals surface area contributed by atoms with E-state index in [2.05, 4.69) is 35.4 Å². The van der Waals surface area contributed by atoms with Gasteiger partial charge in [0.05, 0.1) is 34.4 Å². The Morgan fingerprint density at radius 3 is 2.71 bits per heavy atom. The third-order valence-electron chi connectivity index (χ3n) is 4.97. The summed E-state index contributed by atoms with van der Waals surface area (Å²) in [6.07, 6.45) is -2.05. The quantitative estimate of drug-likeness (QED) is 0.284. The Hall–Kier alpha value is -4.68. The van der Waals surface area contributed by atoms with Crippen LogP contribution in [-0.2, 0) is 12.7 Å². The molecule has 0 saturated carbocycles. The predicted octanol–water partition coefficient (Wildman–Crippen LogP) is 4.16. The van der Waals surface area contributed by atoms with Crippen molar-refractivity contribution in [2.75, 3.05) is 0 Å². The van der Waals surface area contributed by atoms with Crippen LogP contribution in [0.3, 0.4) is 0 Å². The molecule has 4 aromatic heterocycles. The number of amides is 1. The number of nitrogens with one attached hydrogen (secondary N) is 2. The van der Waals surface area contributed by atoms with Crippen molar-refractivity contribution in [1.29, 1.82) is 0 Å². The zero-order chi connectivity index (χ0) is 24.6. The highest BCUT2D eigenvalue weighted by Crippen LogP contribution is 2.31. The van der Waals surface area contributed by atoms with Crippen LogP contribution in [0.15, 0.2) is 59.5 Å². The summed E-state index contributed by atoms with van der Waals surface area (Å²) in [5, 5.41) is 6.45. The van der Waals surface area contributed by atoms with Crippen molar-refractivity contribution in [3.05, 3.63) is 78.0 Å². The number of benzene rings is 1. The lowest BCUT2D eigenvalue weighted by Gasteiger charge is -2.05. The van der Waals surface area contributed by atoms with E-state index in [0.717, 1.165) is 18.5 Å². The van der Waals surface area contributed by atoms with E-state index < -0.39 is 23.6 Å². The molecule has 0 aliphatic carbocycles. The molecule has 0 bridgehead atoms. The lowest BCUT2D eigenvalue weighted by atomic mass is 10.2. The Balaban J connectivity index is 1.29. The largest absolute Gasteiger partial charge is 0.416 e. The molecule has 5 rings (SSSR count). The number of H-pyrrole nitrogens is 1. The average molecular weight is 483 g/mol. The lowest BCUT2D eigenvalue weighted by Crippen LogP contribution is -2.23. The van der Waals surface area contributed by atoms with Gasteiger partial charge in [-0.25, -0.2) is 19.9 Å². The Morgan fingerprint density at radius 2 is 1.91 bits per heavy atom. The fourth-order valence-corrected chi connectivity index (χ4v) is 3.28. The van der Waals surface area contributed by atoms with Crippen LogP contribution in [0, 0.1) is 5.95 Å². The van der Waals surface area contributed by atoms with E-state index in [9.17, 15) is 22.4 Å². The second-order valence-corrected chi connectivity index (χ2v) is 7.31. The molecule has 4 heterocycles. The molecule has 1 amide bonds. The Labute approximate surface area is 193 Å². The van der Waals surface area contributed by atoms with E-state index in [-0.39, 0.29) is 46.3 Å². The van der Waals surface area contributed by atoms with Crippen LogP contribution in [0.1, 0.15) is 21.8 Å². The first kappa shape index (κ1) is 22.1. The second kappa shape index (κ2) is 8.59. The van der Waals surface area contributed by atoms with E-state index in [1.165, 1.54) is 30.5 Å². The summed E-state index contributed by atoms with van der Waals surface area (Å²) >= 11 is 0. The normalized spacial score (nSPS) is 11.7. The molecule has 1 aromatic carbocycles. The van der Waals surface area contributed by atoms with Crippen LogP contribution in [-0.4, -0.2) is 36.0 Å². The van der Waals surface area contributed by atoms with E-state index in [4.69, 9.17) is 4.52 Å². The molecule has 5 aromatic rings. The van der Waals surface area contributed by atoms with Gasteiger partial charge in [-0.15, -0.1) is 0 Å². The SMILES string of the molecule is O=C(NCc1cc(-c2nc3ccc(C(F)(F)F)cc3[nH]2)no1)c1cc(-c2cccnc2F)ncn1. The summed E-state index contributed by atoms with van der Waals surface area (Å²) in [6, 6.07) is 8.98. The number of nitrogens with zero attached hydrogens (tertiary/aromatic N) is 5. The van der Waals surface area contributed by atoms with E-state index in [0.29, 0.717) is 5.52 Å². The molecule has 0 aliphatic heterocycles. The number of pyridine rings is 1. The van der Waals surface area contributed by atoms with Crippen molar-refractivity contribution in [3.63, 3.8) is 0 Å². The molecule has 176 valence electrons. The minimum absolute atomic E-state index is 0.00394. The van der Waals surface area contributed by atoms with Gasteiger partial charge in [0.1, 0.15) is 17.7 Å². The number of carbonyl (C=O) groups is 1. The van der Waals surface area contributed by atoms with Crippen LogP contribution < -0.4 is 5.32 Å². The van der Waals surface area contributed by atoms with Crippen LogP contribution in [0.25, 0.3) is 33.8 Å². The number of hydrogen-bond donors (Lipinski definition) is 2. The van der Waals surface area contributed by atoms with Crippen LogP contribution in [0.4, 0.5) is 17.6 Å². The van der Waals surface area contributed by atoms with Crippen LogP contribution >= 0.6 is 0 Å². The standard InChI is InChI=1S/C22H13F4N7O2/c23-19-13(2-1-5-27-19)15-8-18(30-10-29-15)21(34)28-9-12-7-17(33-35-12)20-31-14-4-3-11(22(24,25)26)6-16(14)32-20/h1-8,10H,9H2,(H,28,34)(H,31,32). The van der Waals surface area contributed by atoms with Gasteiger partial charge in [-0.3, -0.25) is 4.79 Å². The summed E-state index contributed by atoms with van der Waals surface area (Å²) in [5.74, 6) is -0.830. The second-order valence-electron chi connectivity index (χ2n) is 7.31. The predicted molar refractivity (Wildman–Crippen MR) is 113 cm³/mol. The highest BCUT2D eigenvalue weighted by molar-refractivity contribution is 5.93. The van der Waals surface area contributed by atoms with Gasteiger partial charge in [0.2, 0.25) is 5.95 Å². The number of aromatic amines is 1. The molecule has 0 atom stereocenters. The summed E-state index contributed by atoms with van der Waals surface area (Å²) in [6.45, 7) is -0.0646. The lowest BCUT2D eigenvalue weighted by molar-refractivity contribution is -0.137. The minimum Gasteiger partial charge on any atom is -0.359 e. The molecule has 0 fully saturated rings. The van der Waals surface area contributed by atoms with Crippen LogP contribution in [0.2, 0.25) is 0 Å². The number of rotatable bonds is 5. The third-order valence-corrected chi connectivity index (χ3v) is 4.97. The van der Waals surface area contributed by atoms with Crippen molar-refractivity contribution in [3.8, 4) is 22.8 Å². The highest BCUT2D eigenvalue weighted by atomic mass is 19.4. The zero-order valence-corrected chi connectivity index (χ0v) is 17.5. The third kappa shape index (κ3) is 4.55. The summed E-state index contributed by atoms with van der Waals surface area (Å²) < 4.78 is 57.9. The van der Waals surface area contributed by atoms with Gasteiger partial charge in [0.25, 0.3) is 5.91 Å². The number of carbonyl (C=O) groups excluding carboxylic acids is 1. The molecule has 9 nitrogen and oxygen atoms in total. The van der Waals surface area contributed by atoms with Gasteiger partial charge in [-0.2, -0.15) is 17.6 Å². The smallest absolute Gasteiger partial charge is 0.359 e. The van der Waals surface area contributed by atoms with Gasteiger partial charge in [0, 0.05) is 12.3 Å². The Kier molecular flexibility index (Phi) is 5.43. The maximum atomic E-state index is 13.9. The maximum absolute atomic E-state index is 13.9. The number of imidazole rings is 1. The monoisotopic (exact) mass is 483 g/mol. The zero-order valence-electron chi connectivity index (χ0n) is 17.5. The molecule has 0 aliphatic rings. The van der Waals surface area contributed by atoms with Crippen molar-refractivity contribution in [1.82, 2.24) is 35.4 Å². The first-order valence-corrected chi connectivity index (χ1v) is 10.0. The van der Waals surface area contributed by atoms with Gasteiger partial charge in [-0.1, -0.05) is 5.16 Å². The molecule has 0 radical (unpaired) electrons. The number of halogens is 4. The molecule has 35 heavy (non-hydrogen) atoms. The van der Waals surface area contributed by atoms with Crippen molar-refractivity contribution < 1.29 is 26.9 Å². The topological polar surface area (TPSA) is 122 Å². The fourth-order valence-electron chi connectivity index (χ4n) is 3.28. The molecular weight excluding hydrogens is 470 g/mol. The summed E-state index contributed by atoms with van der Waals surface area (Å²) in [5.41, 5.74) is 0.273. The molecule has 0 spiro atoms. The Bertz CT molecular complexity index is 1540. The number of fused-ring (bicyclic) bond motifs is 1.